The molecule has 0 aromatic heterocycles. The van der Waals surface area contributed by atoms with Crippen LogP contribution >= 0.6 is 7.60 Å². The third-order valence-electron chi connectivity index (χ3n) is 7.33. The van der Waals surface area contributed by atoms with Gasteiger partial charge in [0.15, 0.2) is 0 Å². The second-order valence-electron chi connectivity index (χ2n) is 20.5. The van der Waals surface area contributed by atoms with Gasteiger partial charge in [0.2, 0.25) is 0 Å². The first kappa shape index (κ1) is 51.9. The first-order valence-corrected chi connectivity index (χ1v) is 20.6. The van der Waals surface area contributed by atoms with Gasteiger partial charge in [-0.15, -0.1) is 0 Å². The lowest BCUT2D eigenvalue weighted by atomic mass is 9.82. The van der Waals surface area contributed by atoms with Gasteiger partial charge in [-0.05, 0) is 93.9 Å². The quantitative estimate of drug-likeness (QED) is 0.0941. The van der Waals surface area contributed by atoms with Crippen LogP contribution in [0.3, 0.4) is 0 Å². The van der Waals surface area contributed by atoms with Crippen LogP contribution in [0.4, 0.5) is 0 Å². The molecule has 0 radical (unpaired) electrons. The molecule has 0 saturated carbocycles. The summed E-state index contributed by atoms with van der Waals surface area (Å²) in [5, 5.41) is 19.8. The van der Waals surface area contributed by atoms with Gasteiger partial charge in [-0.3, -0.25) is 38.4 Å². The van der Waals surface area contributed by atoms with Gasteiger partial charge >= 0.3 is 31.5 Å². The summed E-state index contributed by atoms with van der Waals surface area (Å²) in [6, 6.07) is -1.70. The highest BCUT2D eigenvalue weighted by Gasteiger charge is 2.40. The second kappa shape index (κ2) is 19.9. The molecule has 318 valence electrons. The van der Waals surface area contributed by atoms with Crippen molar-refractivity contribution in [2.75, 3.05) is 45.6 Å². The summed E-state index contributed by atoms with van der Waals surface area (Å²) in [5.74, 6) is -3.65. The first-order valence-electron chi connectivity index (χ1n) is 18.9. The standard InChI is InChI=1S/C39H76N3O11P/c1-34(2,3)26-42(29(24-31(45)46)35(4,5)6)22-20-40(27-54(49,52-38(13,14)15)53-39(16,17)18)19-21-41(25-32(47)50-36(7,8)9)28(23-30(43)44)33(48)51-37(10,11)12/h28-29H,19-27H2,1-18H3,(H,43,44)(H,45,46). The lowest BCUT2D eigenvalue weighted by Crippen LogP contribution is -2.53. The summed E-state index contributed by atoms with van der Waals surface area (Å²) >= 11 is 0. The fourth-order valence-corrected chi connectivity index (χ4v) is 8.43. The molecule has 0 aliphatic heterocycles. The van der Waals surface area contributed by atoms with Crippen molar-refractivity contribution in [1.29, 1.82) is 0 Å². The maximum atomic E-state index is 14.7. The Bertz CT molecular complexity index is 1260. The summed E-state index contributed by atoms with van der Waals surface area (Å²) in [6.45, 7) is 33.9. The minimum absolute atomic E-state index is 0.0292. The van der Waals surface area contributed by atoms with Crippen molar-refractivity contribution < 1.29 is 52.5 Å². The largest absolute Gasteiger partial charge is 0.481 e. The average molecular weight is 794 g/mol. The second-order valence-corrected chi connectivity index (χ2v) is 22.4. The van der Waals surface area contributed by atoms with Crippen molar-refractivity contribution in [1.82, 2.24) is 14.7 Å². The summed E-state index contributed by atoms with van der Waals surface area (Å²) in [4.78, 5) is 56.5. The van der Waals surface area contributed by atoms with E-state index in [9.17, 15) is 34.0 Å². The van der Waals surface area contributed by atoms with Crippen molar-refractivity contribution in [2.24, 2.45) is 10.8 Å². The smallest absolute Gasteiger partial charge is 0.345 e. The highest BCUT2D eigenvalue weighted by molar-refractivity contribution is 7.53. The summed E-state index contributed by atoms with van der Waals surface area (Å²) in [5.41, 5.74) is -4.09. The molecule has 0 amide bonds. The number of esters is 2. The number of carbonyl (C=O) groups excluding carboxylic acids is 2. The Hall–Kier alpha value is -2.09. The zero-order chi connectivity index (χ0) is 42.9. The zero-order valence-corrected chi connectivity index (χ0v) is 37.8. The minimum atomic E-state index is -3.89. The molecule has 0 spiro atoms. The van der Waals surface area contributed by atoms with Gasteiger partial charge in [0.25, 0.3) is 0 Å². The lowest BCUT2D eigenvalue weighted by molar-refractivity contribution is -0.167. The fourth-order valence-electron chi connectivity index (χ4n) is 5.83. The van der Waals surface area contributed by atoms with Crippen LogP contribution in [-0.2, 0) is 42.3 Å². The van der Waals surface area contributed by atoms with Gasteiger partial charge in [0.05, 0.1) is 30.6 Å². The summed E-state index contributed by atoms with van der Waals surface area (Å²) in [7, 11) is -3.89. The number of nitrogens with zero attached hydrogens (tertiary/aromatic N) is 3. The molecule has 0 heterocycles. The molecule has 2 N–H and O–H groups in total. The van der Waals surface area contributed by atoms with E-state index in [4.69, 9.17) is 18.5 Å². The van der Waals surface area contributed by atoms with E-state index in [2.05, 4.69) is 25.7 Å². The summed E-state index contributed by atoms with van der Waals surface area (Å²) in [6.07, 6.45) is -0.909. The molecule has 0 fully saturated rings. The van der Waals surface area contributed by atoms with Crippen LogP contribution in [0.25, 0.3) is 0 Å². The Labute approximate surface area is 326 Å². The van der Waals surface area contributed by atoms with E-state index in [1.165, 1.54) is 4.90 Å². The molecule has 0 rings (SSSR count). The van der Waals surface area contributed by atoms with E-state index >= 15 is 0 Å². The predicted octanol–water partition coefficient (Wildman–Crippen LogP) is 7.14. The fraction of sp³-hybridized carbons (Fsp3) is 0.897. The van der Waals surface area contributed by atoms with Crippen LogP contribution in [0.5, 0.6) is 0 Å². The molecule has 0 saturated heterocycles. The van der Waals surface area contributed by atoms with E-state index in [1.54, 1.807) is 83.1 Å². The van der Waals surface area contributed by atoms with E-state index < -0.39 is 78.3 Å². The van der Waals surface area contributed by atoms with Crippen LogP contribution in [0.15, 0.2) is 0 Å². The van der Waals surface area contributed by atoms with Crippen molar-refractivity contribution in [3.63, 3.8) is 0 Å². The number of rotatable bonds is 20. The van der Waals surface area contributed by atoms with Crippen LogP contribution in [0, 0.1) is 10.8 Å². The maximum absolute atomic E-state index is 14.7. The Kier molecular flexibility index (Phi) is 19.1. The topological polar surface area (TPSA) is 172 Å². The molecule has 0 bridgehead atoms. The molecule has 2 unspecified atom stereocenters. The number of carbonyl (C=O) groups is 4. The van der Waals surface area contributed by atoms with Gasteiger partial charge in [-0.25, -0.2) is 0 Å². The van der Waals surface area contributed by atoms with Gasteiger partial charge in [-0.2, -0.15) is 0 Å². The normalized spacial score (nSPS) is 15.1. The first-order chi connectivity index (χ1) is 23.8. The van der Waals surface area contributed by atoms with E-state index in [0.29, 0.717) is 13.1 Å². The number of carboxylic acids is 2. The monoisotopic (exact) mass is 794 g/mol. The molecule has 2 atom stereocenters. The third-order valence-corrected chi connectivity index (χ3v) is 9.73. The molecule has 14 nitrogen and oxygen atoms in total. The minimum Gasteiger partial charge on any atom is -0.481 e. The molecular formula is C39H76N3O11P. The van der Waals surface area contributed by atoms with E-state index in [1.807, 2.05) is 25.7 Å². The molecule has 15 heteroatoms. The van der Waals surface area contributed by atoms with Crippen LogP contribution in [0.1, 0.15) is 137 Å². The Morgan fingerprint density at radius 1 is 0.593 bits per heavy atom. The SMILES string of the molecule is CC(C)(C)CN(CCN(CCN(CC(=O)OC(C)(C)C)C(CC(=O)O)C(=O)OC(C)(C)C)CP(=O)(OC(C)(C)C)OC(C)(C)C)C(CC(=O)O)C(C)(C)C. The third kappa shape index (κ3) is 24.4. The van der Waals surface area contributed by atoms with Crippen LogP contribution in [-0.4, -0.2) is 129 Å². The molecule has 0 aromatic carbocycles. The highest BCUT2D eigenvalue weighted by atomic mass is 31.2. The highest BCUT2D eigenvalue weighted by Crippen LogP contribution is 2.54. The van der Waals surface area contributed by atoms with Crippen LogP contribution in [0.2, 0.25) is 0 Å². The number of carboxylic acid groups (broad SMARTS) is 2. The van der Waals surface area contributed by atoms with Gasteiger partial charge < -0.3 is 28.7 Å². The summed E-state index contributed by atoms with van der Waals surface area (Å²) < 4.78 is 38.2. The van der Waals surface area contributed by atoms with Gasteiger partial charge in [-0.1, -0.05) is 41.5 Å². The number of hydrogen-bond acceptors (Lipinski definition) is 12. The number of hydrogen-bond donors (Lipinski definition) is 2. The lowest BCUT2D eigenvalue weighted by Gasteiger charge is -2.43. The van der Waals surface area contributed by atoms with Crippen molar-refractivity contribution in [3.05, 3.63) is 0 Å². The van der Waals surface area contributed by atoms with Gasteiger partial charge in [0, 0.05) is 38.8 Å². The van der Waals surface area contributed by atoms with Crippen molar-refractivity contribution in [2.45, 2.75) is 172 Å². The molecule has 0 aromatic rings. The average Bonchev–Trinajstić information content (AvgIpc) is 2.84. The van der Waals surface area contributed by atoms with Crippen molar-refractivity contribution >= 4 is 31.5 Å². The Balaban J connectivity index is 7.28. The maximum Gasteiger partial charge on any atom is 0.345 e. The number of ether oxygens (including phenoxy) is 2. The molecule has 0 aliphatic rings. The molecular weight excluding hydrogens is 717 g/mol. The van der Waals surface area contributed by atoms with E-state index in [0.717, 1.165) is 0 Å². The Morgan fingerprint density at radius 2 is 1.02 bits per heavy atom. The van der Waals surface area contributed by atoms with Gasteiger partial charge in [0.1, 0.15) is 23.5 Å². The van der Waals surface area contributed by atoms with Crippen molar-refractivity contribution in [3.8, 4) is 0 Å². The van der Waals surface area contributed by atoms with E-state index in [-0.39, 0.29) is 43.8 Å². The predicted molar refractivity (Wildman–Crippen MR) is 212 cm³/mol. The van der Waals surface area contributed by atoms with Crippen LogP contribution < -0.4 is 0 Å². The number of aliphatic carboxylic acids is 2. The zero-order valence-electron chi connectivity index (χ0n) is 36.9. The Morgan fingerprint density at radius 3 is 1.37 bits per heavy atom. The molecule has 0 aliphatic carbocycles. The molecule has 54 heavy (non-hydrogen) atoms.